The summed E-state index contributed by atoms with van der Waals surface area (Å²) in [7, 11) is -0.0600. The van der Waals surface area contributed by atoms with Gasteiger partial charge in [0.2, 0.25) is 0 Å². The number of para-hydroxylation sites is 4. The molecule has 8 heteroatoms. The van der Waals surface area contributed by atoms with Gasteiger partial charge in [0.1, 0.15) is 6.17 Å². The topological polar surface area (TPSA) is 73.3 Å². The molecule has 2 aromatic carbocycles. The number of benzene rings is 2. The first-order valence-corrected chi connectivity index (χ1v) is 11.6. The van der Waals surface area contributed by atoms with Crippen molar-refractivity contribution >= 4 is 21.5 Å². The lowest BCUT2D eigenvalue weighted by molar-refractivity contribution is 0.0792. The van der Waals surface area contributed by atoms with Crippen molar-refractivity contribution in [3.63, 3.8) is 0 Å². The molecule has 0 aliphatic carbocycles. The molecular formula is C22H27N3O4S. The van der Waals surface area contributed by atoms with Crippen molar-refractivity contribution in [1.82, 2.24) is 9.80 Å². The minimum absolute atomic E-state index is 0.101. The van der Waals surface area contributed by atoms with Crippen molar-refractivity contribution in [3.05, 3.63) is 60.3 Å². The third-order valence-corrected chi connectivity index (χ3v) is 6.65. The van der Waals surface area contributed by atoms with Crippen LogP contribution in [0.3, 0.4) is 0 Å². The molecule has 0 saturated carbocycles. The number of nitrogens with zero attached hydrogens (tertiary/aromatic N) is 3. The van der Waals surface area contributed by atoms with E-state index < -0.39 is 10.1 Å². The zero-order chi connectivity index (χ0) is 21.5. The Morgan fingerprint density at radius 1 is 1.07 bits per heavy atom. The van der Waals surface area contributed by atoms with Crippen LogP contribution in [0, 0.1) is 0 Å². The number of likely N-dealkylation sites (N-methyl/N-ethyl adjacent to an activating group) is 2. The molecule has 0 radical (unpaired) electrons. The smallest absolute Gasteiger partial charge is 0.264 e. The minimum Gasteiger partial charge on any atom is -0.453 e. The number of rotatable bonds is 5. The highest BCUT2D eigenvalue weighted by Gasteiger charge is 2.39. The first-order valence-electron chi connectivity index (χ1n) is 9.96. The molecule has 0 aromatic heterocycles. The van der Waals surface area contributed by atoms with Gasteiger partial charge in [-0.2, -0.15) is 8.42 Å². The zero-order valence-corrected chi connectivity index (χ0v) is 18.2. The highest BCUT2D eigenvalue weighted by Crippen LogP contribution is 2.48. The summed E-state index contributed by atoms with van der Waals surface area (Å²) >= 11 is 0. The molecule has 7 nitrogen and oxygen atoms in total. The Kier molecular flexibility index (Phi) is 5.48. The van der Waals surface area contributed by atoms with Crippen molar-refractivity contribution in [3.8, 4) is 11.5 Å². The number of anilines is 2. The van der Waals surface area contributed by atoms with E-state index in [4.69, 9.17) is 4.74 Å². The molecule has 30 heavy (non-hydrogen) atoms. The number of hydrogen-bond donors (Lipinski definition) is 1. The molecule has 0 spiro atoms. The molecule has 2 aliphatic heterocycles. The minimum atomic E-state index is -4.11. The molecule has 1 N–H and O–H groups in total. The predicted molar refractivity (Wildman–Crippen MR) is 118 cm³/mol. The monoisotopic (exact) mass is 429 g/mol. The van der Waals surface area contributed by atoms with E-state index in [1.165, 1.54) is 0 Å². The normalized spacial score (nSPS) is 20.1. The fourth-order valence-electron chi connectivity index (χ4n) is 4.36. The molecule has 0 fully saturated rings. The van der Waals surface area contributed by atoms with E-state index in [-0.39, 0.29) is 24.4 Å². The summed E-state index contributed by atoms with van der Waals surface area (Å²) in [5.41, 5.74) is 2.89. The molecular weight excluding hydrogens is 402 g/mol. The Morgan fingerprint density at radius 3 is 2.20 bits per heavy atom. The van der Waals surface area contributed by atoms with Crippen LogP contribution >= 0.6 is 0 Å². The van der Waals surface area contributed by atoms with Gasteiger partial charge in [-0.05, 0) is 44.7 Å². The van der Waals surface area contributed by atoms with Crippen LogP contribution in [0.25, 0.3) is 0 Å². The van der Waals surface area contributed by atoms with Crippen LogP contribution < -0.4 is 9.64 Å². The summed E-state index contributed by atoms with van der Waals surface area (Å²) in [5, 5.41) is 0. The third-order valence-electron chi connectivity index (χ3n) is 5.90. The van der Waals surface area contributed by atoms with Crippen LogP contribution in [-0.2, 0) is 10.1 Å². The Labute approximate surface area is 177 Å². The largest absolute Gasteiger partial charge is 0.453 e. The summed E-state index contributed by atoms with van der Waals surface area (Å²) in [6.07, 6.45) is 2.31. The summed E-state index contributed by atoms with van der Waals surface area (Å²) in [6.45, 7) is 2.82. The SMILES string of the molecule is CC1=CCN(C)C(C(CCS(=O)(=O)O)N2c3ccccc3Oc3ccccc32)N1C. The molecule has 2 unspecified atom stereocenters. The van der Waals surface area contributed by atoms with E-state index in [9.17, 15) is 13.0 Å². The van der Waals surface area contributed by atoms with Gasteiger partial charge < -0.3 is 14.5 Å². The van der Waals surface area contributed by atoms with Gasteiger partial charge >= 0.3 is 0 Å². The van der Waals surface area contributed by atoms with Crippen LogP contribution in [0.4, 0.5) is 11.4 Å². The second kappa shape index (κ2) is 7.94. The molecule has 4 rings (SSSR count). The summed E-state index contributed by atoms with van der Waals surface area (Å²) in [5.74, 6) is 1.13. The maximum absolute atomic E-state index is 11.7. The van der Waals surface area contributed by atoms with E-state index in [1.54, 1.807) is 0 Å². The highest BCUT2D eigenvalue weighted by atomic mass is 32.2. The van der Waals surface area contributed by atoms with E-state index in [1.807, 2.05) is 62.6 Å². The molecule has 2 heterocycles. The van der Waals surface area contributed by atoms with Crippen LogP contribution in [0.1, 0.15) is 13.3 Å². The summed E-state index contributed by atoms with van der Waals surface area (Å²) < 4.78 is 39.0. The second-order valence-corrected chi connectivity index (χ2v) is 9.43. The fourth-order valence-corrected chi connectivity index (χ4v) is 4.90. The predicted octanol–water partition coefficient (Wildman–Crippen LogP) is 3.68. The first-order chi connectivity index (χ1) is 14.3. The summed E-state index contributed by atoms with van der Waals surface area (Å²) in [4.78, 5) is 6.52. The van der Waals surface area contributed by atoms with Gasteiger partial charge in [-0.1, -0.05) is 30.3 Å². The van der Waals surface area contributed by atoms with Crippen LogP contribution in [0.2, 0.25) is 0 Å². The fraction of sp³-hybridized carbons (Fsp3) is 0.364. The van der Waals surface area contributed by atoms with E-state index in [2.05, 4.69) is 27.7 Å². The molecule has 2 aromatic rings. The van der Waals surface area contributed by atoms with Gasteiger partial charge in [-0.15, -0.1) is 0 Å². The van der Waals surface area contributed by atoms with E-state index in [0.29, 0.717) is 0 Å². The number of hydrogen-bond acceptors (Lipinski definition) is 6. The van der Waals surface area contributed by atoms with Gasteiger partial charge in [0.05, 0.1) is 23.2 Å². The lowest BCUT2D eigenvalue weighted by atomic mass is 10.0. The van der Waals surface area contributed by atoms with Gasteiger partial charge in [0.25, 0.3) is 10.1 Å². The maximum Gasteiger partial charge on any atom is 0.264 e. The molecule has 0 bridgehead atoms. The quantitative estimate of drug-likeness (QED) is 0.727. The zero-order valence-electron chi connectivity index (χ0n) is 17.4. The number of allylic oxidation sites excluding steroid dienone is 1. The number of ether oxygens (including phenoxy) is 1. The third kappa shape index (κ3) is 3.90. The molecule has 160 valence electrons. The van der Waals surface area contributed by atoms with Crippen LogP contribution in [0.15, 0.2) is 60.3 Å². The Balaban J connectivity index is 1.86. The van der Waals surface area contributed by atoms with Gasteiger partial charge in [0.15, 0.2) is 11.5 Å². The van der Waals surface area contributed by atoms with Gasteiger partial charge in [-0.25, -0.2) is 0 Å². The maximum atomic E-state index is 11.7. The first kappa shape index (κ1) is 20.7. The highest BCUT2D eigenvalue weighted by molar-refractivity contribution is 7.85. The van der Waals surface area contributed by atoms with Crippen LogP contribution in [0.5, 0.6) is 11.5 Å². The molecule has 2 atom stereocenters. The Hall–Kier alpha value is -2.55. The van der Waals surface area contributed by atoms with Crippen LogP contribution in [-0.4, -0.2) is 61.4 Å². The molecule has 2 aliphatic rings. The van der Waals surface area contributed by atoms with Crippen molar-refractivity contribution in [1.29, 1.82) is 0 Å². The Bertz CT molecular complexity index is 1020. The summed E-state index contributed by atoms with van der Waals surface area (Å²) in [6, 6.07) is 15.3. The van der Waals surface area contributed by atoms with Crippen molar-refractivity contribution in [2.75, 3.05) is 31.3 Å². The Morgan fingerprint density at radius 2 is 1.63 bits per heavy atom. The lowest BCUT2D eigenvalue weighted by Gasteiger charge is -2.49. The van der Waals surface area contributed by atoms with Crippen molar-refractivity contribution in [2.24, 2.45) is 0 Å². The molecule has 0 saturated heterocycles. The van der Waals surface area contributed by atoms with E-state index in [0.717, 1.165) is 35.1 Å². The standard InChI is InChI=1S/C22H27N3O4S/c1-16-12-14-23(2)22(24(16)3)19(13-15-30(26,27)28)25-17-8-4-6-10-20(17)29-21-11-7-5-9-18(21)25/h4-12,19,22H,13-15H2,1-3H3,(H,26,27,28). The average Bonchev–Trinajstić information content (AvgIpc) is 2.71. The van der Waals surface area contributed by atoms with Crippen molar-refractivity contribution in [2.45, 2.75) is 25.6 Å². The molecule has 0 amide bonds. The second-order valence-electron chi connectivity index (χ2n) is 7.86. The number of fused-ring (bicyclic) bond motifs is 2. The van der Waals surface area contributed by atoms with Crippen molar-refractivity contribution < 1.29 is 17.7 Å². The van der Waals surface area contributed by atoms with Gasteiger partial charge in [0, 0.05) is 19.3 Å². The lowest BCUT2D eigenvalue weighted by Crippen LogP contribution is -2.59. The van der Waals surface area contributed by atoms with E-state index >= 15 is 0 Å². The average molecular weight is 430 g/mol. The van der Waals surface area contributed by atoms with Gasteiger partial charge in [-0.3, -0.25) is 9.45 Å².